The molecule has 0 bridgehead atoms. The highest BCUT2D eigenvalue weighted by Crippen LogP contribution is 2.25. The van der Waals surface area contributed by atoms with E-state index in [4.69, 9.17) is 9.47 Å². The van der Waals surface area contributed by atoms with E-state index in [0.29, 0.717) is 22.6 Å². The second-order valence-corrected chi connectivity index (χ2v) is 11.1. The fourth-order valence-electron chi connectivity index (χ4n) is 4.96. The molecule has 0 aliphatic rings. The van der Waals surface area contributed by atoms with Gasteiger partial charge in [0.05, 0.1) is 11.1 Å². The lowest BCUT2D eigenvalue weighted by Gasteiger charge is -2.10. The van der Waals surface area contributed by atoms with Gasteiger partial charge in [0, 0.05) is 0 Å². The van der Waals surface area contributed by atoms with Gasteiger partial charge < -0.3 is 9.47 Å². The third-order valence-corrected chi connectivity index (χ3v) is 7.58. The molecule has 4 nitrogen and oxygen atoms in total. The Kier molecular flexibility index (Phi) is 14.2. The quantitative estimate of drug-likeness (QED) is 0.0888. The predicted octanol–water partition coefficient (Wildman–Crippen LogP) is 10.2. The van der Waals surface area contributed by atoms with Gasteiger partial charge >= 0.3 is 11.9 Å². The number of hydrogen-bond acceptors (Lipinski definition) is 4. The van der Waals surface area contributed by atoms with Gasteiger partial charge in [0.1, 0.15) is 11.5 Å². The molecule has 0 spiro atoms. The first-order valence-electron chi connectivity index (χ1n) is 15.7. The number of esters is 2. The molecule has 0 amide bonds. The number of benzene rings is 3. The summed E-state index contributed by atoms with van der Waals surface area (Å²) in [6.45, 7) is 6.30. The Labute approximate surface area is 247 Å². The van der Waals surface area contributed by atoms with E-state index >= 15 is 0 Å². The van der Waals surface area contributed by atoms with Crippen molar-refractivity contribution in [2.75, 3.05) is 0 Å². The lowest BCUT2D eigenvalue weighted by atomic mass is 10.0. The number of ether oxygens (including phenoxy) is 2. The van der Waals surface area contributed by atoms with Gasteiger partial charge in [-0.05, 0) is 91.8 Å². The Balaban J connectivity index is 1.45. The molecule has 0 aliphatic carbocycles. The van der Waals surface area contributed by atoms with Crippen LogP contribution in [0.1, 0.15) is 128 Å². The summed E-state index contributed by atoms with van der Waals surface area (Å²) in [5.74, 6) is 0.0684. The van der Waals surface area contributed by atoms with Crippen molar-refractivity contribution in [1.29, 1.82) is 0 Å². The minimum Gasteiger partial charge on any atom is -0.423 e. The molecule has 3 aromatic carbocycles. The second kappa shape index (κ2) is 18.1. The summed E-state index contributed by atoms with van der Waals surface area (Å²) < 4.78 is 11.2. The first-order valence-corrected chi connectivity index (χ1v) is 15.7. The summed E-state index contributed by atoms with van der Waals surface area (Å²) in [5, 5.41) is 0. The van der Waals surface area contributed by atoms with Crippen molar-refractivity contribution in [3.05, 3.63) is 94.5 Å². The third kappa shape index (κ3) is 11.5. The Hall–Kier alpha value is -3.40. The SMILES string of the molecule is CCCCCCCCc1ccc(C(=O)Oc2ccc(OC(=O)c3ccc(CCCCCCCC)cc3)c(C)c2)cc1. The highest BCUT2D eigenvalue weighted by molar-refractivity contribution is 5.92. The van der Waals surface area contributed by atoms with E-state index in [2.05, 4.69) is 13.8 Å². The van der Waals surface area contributed by atoms with E-state index in [1.54, 1.807) is 18.2 Å². The van der Waals surface area contributed by atoms with Crippen molar-refractivity contribution in [3.63, 3.8) is 0 Å². The van der Waals surface area contributed by atoms with Crippen molar-refractivity contribution >= 4 is 11.9 Å². The standard InChI is InChI=1S/C37H48O4/c1-4-6-8-10-12-14-16-30-18-22-32(23-19-30)36(38)40-34-26-27-35(29(3)28-34)41-37(39)33-24-20-31(21-25-33)17-15-13-11-9-7-5-2/h18-28H,4-17H2,1-3H3. The number of carbonyl (C=O) groups is 2. The molecule has 0 aliphatic heterocycles. The Morgan fingerprint density at radius 3 is 1.44 bits per heavy atom. The molecular formula is C37H48O4. The summed E-state index contributed by atoms with van der Waals surface area (Å²) in [7, 11) is 0. The maximum absolute atomic E-state index is 12.7. The van der Waals surface area contributed by atoms with E-state index in [1.165, 1.54) is 88.2 Å². The smallest absolute Gasteiger partial charge is 0.343 e. The van der Waals surface area contributed by atoms with Crippen LogP contribution in [0.5, 0.6) is 11.5 Å². The number of hydrogen-bond donors (Lipinski definition) is 0. The minimum absolute atomic E-state index is 0.398. The van der Waals surface area contributed by atoms with E-state index < -0.39 is 11.9 Å². The van der Waals surface area contributed by atoms with E-state index in [-0.39, 0.29) is 0 Å². The zero-order valence-corrected chi connectivity index (χ0v) is 25.4. The van der Waals surface area contributed by atoms with Crippen LogP contribution >= 0.6 is 0 Å². The molecule has 220 valence electrons. The maximum Gasteiger partial charge on any atom is 0.343 e. The van der Waals surface area contributed by atoms with Crippen molar-refractivity contribution in [1.82, 2.24) is 0 Å². The molecule has 4 heteroatoms. The van der Waals surface area contributed by atoms with Crippen LogP contribution in [0.4, 0.5) is 0 Å². The van der Waals surface area contributed by atoms with Gasteiger partial charge in [-0.25, -0.2) is 9.59 Å². The van der Waals surface area contributed by atoms with Gasteiger partial charge in [0.25, 0.3) is 0 Å². The van der Waals surface area contributed by atoms with E-state index in [1.807, 2.05) is 55.5 Å². The molecule has 3 rings (SSSR count). The lowest BCUT2D eigenvalue weighted by molar-refractivity contribution is 0.0718. The van der Waals surface area contributed by atoms with Gasteiger partial charge in [-0.1, -0.05) is 102 Å². The highest BCUT2D eigenvalue weighted by Gasteiger charge is 2.13. The second-order valence-electron chi connectivity index (χ2n) is 11.1. The van der Waals surface area contributed by atoms with E-state index in [0.717, 1.165) is 18.4 Å². The zero-order chi connectivity index (χ0) is 29.3. The van der Waals surface area contributed by atoms with Crippen LogP contribution in [-0.4, -0.2) is 11.9 Å². The van der Waals surface area contributed by atoms with Crippen molar-refractivity contribution in [3.8, 4) is 11.5 Å². The van der Waals surface area contributed by atoms with Crippen molar-refractivity contribution in [2.45, 2.75) is 111 Å². The average molecular weight is 557 g/mol. The maximum atomic E-state index is 12.7. The molecule has 0 unspecified atom stereocenters. The molecule has 0 aromatic heterocycles. The fourth-order valence-corrected chi connectivity index (χ4v) is 4.96. The fraction of sp³-hybridized carbons (Fsp3) is 0.459. The molecule has 3 aromatic rings. The van der Waals surface area contributed by atoms with Crippen molar-refractivity contribution in [2.24, 2.45) is 0 Å². The first-order chi connectivity index (χ1) is 20.0. The van der Waals surface area contributed by atoms with Crippen LogP contribution in [-0.2, 0) is 12.8 Å². The first kappa shape index (κ1) is 32.1. The third-order valence-electron chi connectivity index (χ3n) is 7.58. The number of rotatable bonds is 18. The van der Waals surface area contributed by atoms with Crippen LogP contribution in [0.3, 0.4) is 0 Å². The Bertz CT molecular complexity index is 1190. The summed E-state index contributed by atoms with van der Waals surface area (Å²) >= 11 is 0. The monoisotopic (exact) mass is 556 g/mol. The molecule has 0 saturated carbocycles. The molecule has 0 N–H and O–H groups in total. The van der Waals surface area contributed by atoms with Crippen LogP contribution < -0.4 is 9.47 Å². The summed E-state index contributed by atoms with van der Waals surface area (Å²) in [5.41, 5.74) is 4.24. The zero-order valence-electron chi connectivity index (χ0n) is 25.4. The summed E-state index contributed by atoms with van der Waals surface area (Å²) in [6, 6.07) is 20.4. The topological polar surface area (TPSA) is 52.6 Å². The molecule has 0 radical (unpaired) electrons. The predicted molar refractivity (Wildman–Crippen MR) is 168 cm³/mol. The Morgan fingerprint density at radius 2 is 0.976 bits per heavy atom. The molecular weight excluding hydrogens is 508 g/mol. The molecule has 0 atom stereocenters. The number of aryl methyl sites for hydroxylation is 3. The van der Waals surface area contributed by atoms with E-state index in [9.17, 15) is 9.59 Å². The summed E-state index contributed by atoms with van der Waals surface area (Å²) in [4.78, 5) is 25.4. The normalized spacial score (nSPS) is 10.9. The number of unbranched alkanes of at least 4 members (excludes halogenated alkanes) is 10. The number of carbonyl (C=O) groups excluding carboxylic acids is 2. The van der Waals surface area contributed by atoms with Crippen LogP contribution in [0.15, 0.2) is 66.7 Å². The molecule has 41 heavy (non-hydrogen) atoms. The Morgan fingerprint density at radius 1 is 0.537 bits per heavy atom. The van der Waals surface area contributed by atoms with Crippen LogP contribution in [0, 0.1) is 6.92 Å². The van der Waals surface area contributed by atoms with Gasteiger partial charge in [0.15, 0.2) is 0 Å². The van der Waals surface area contributed by atoms with Gasteiger partial charge in [-0.3, -0.25) is 0 Å². The van der Waals surface area contributed by atoms with Crippen LogP contribution in [0.2, 0.25) is 0 Å². The van der Waals surface area contributed by atoms with Gasteiger partial charge in [0.2, 0.25) is 0 Å². The lowest BCUT2D eigenvalue weighted by Crippen LogP contribution is -2.10. The summed E-state index contributed by atoms with van der Waals surface area (Å²) in [6.07, 6.45) is 17.3. The van der Waals surface area contributed by atoms with Crippen molar-refractivity contribution < 1.29 is 19.1 Å². The van der Waals surface area contributed by atoms with Gasteiger partial charge in [-0.2, -0.15) is 0 Å². The van der Waals surface area contributed by atoms with Gasteiger partial charge in [-0.15, -0.1) is 0 Å². The molecule has 0 heterocycles. The minimum atomic E-state index is -0.402. The largest absolute Gasteiger partial charge is 0.423 e. The molecule has 0 saturated heterocycles. The average Bonchev–Trinajstić information content (AvgIpc) is 2.98. The molecule has 0 fully saturated rings. The van der Waals surface area contributed by atoms with Crippen LogP contribution in [0.25, 0.3) is 0 Å². The highest BCUT2D eigenvalue weighted by atomic mass is 16.5.